The number of hydrogen-bond acceptors (Lipinski definition) is 5. The zero-order valence-electron chi connectivity index (χ0n) is 10.4. The summed E-state index contributed by atoms with van der Waals surface area (Å²) < 4.78 is 0. The molecule has 0 aliphatic rings. The predicted octanol–water partition coefficient (Wildman–Crippen LogP) is 1.53. The Bertz CT molecular complexity index is 372. The van der Waals surface area contributed by atoms with Crippen molar-refractivity contribution in [3.05, 3.63) is 12.4 Å². The fourth-order valence-corrected chi connectivity index (χ4v) is 1.60. The third-order valence-corrected chi connectivity index (χ3v) is 2.80. The van der Waals surface area contributed by atoms with Gasteiger partial charge in [-0.1, -0.05) is 6.92 Å². The molecule has 0 fully saturated rings. The zero-order chi connectivity index (χ0) is 12.7. The summed E-state index contributed by atoms with van der Waals surface area (Å²) in [4.78, 5) is 19.8. The summed E-state index contributed by atoms with van der Waals surface area (Å²) in [5.74, 6) is 0.652. The van der Waals surface area contributed by atoms with E-state index in [4.69, 9.17) is 0 Å². The summed E-state index contributed by atoms with van der Waals surface area (Å²) in [7, 11) is 0. The van der Waals surface area contributed by atoms with Gasteiger partial charge in [0.2, 0.25) is 5.91 Å². The molecule has 0 spiro atoms. The highest BCUT2D eigenvalue weighted by Crippen LogP contribution is 2.14. The van der Waals surface area contributed by atoms with Crippen LogP contribution in [-0.4, -0.2) is 34.7 Å². The van der Waals surface area contributed by atoms with Crippen LogP contribution in [0.5, 0.6) is 0 Å². The van der Waals surface area contributed by atoms with Crippen LogP contribution in [0.4, 0.5) is 5.82 Å². The third-order valence-electron chi connectivity index (χ3n) is 2.16. The van der Waals surface area contributed by atoms with Crippen LogP contribution < -0.4 is 10.6 Å². The lowest BCUT2D eigenvalue weighted by atomic mass is 10.3. The second-order valence-electron chi connectivity index (χ2n) is 3.60. The minimum atomic E-state index is -0.300. The molecule has 1 rings (SSSR count). The Balaban J connectivity index is 2.54. The Hall–Kier alpha value is -1.30. The normalized spacial score (nSPS) is 11.9. The topological polar surface area (TPSA) is 66.9 Å². The monoisotopic (exact) mass is 254 g/mol. The van der Waals surface area contributed by atoms with Crippen molar-refractivity contribution in [1.29, 1.82) is 0 Å². The number of rotatable bonds is 6. The molecule has 0 saturated heterocycles. The first-order valence-electron chi connectivity index (χ1n) is 5.57. The molecule has 1 atom stereocenters. The Morgan fingerprint density at radius 1 is 1.53 bits per heavy atom. The fourth-order valence-electron chi connectivity index (χ4n) is 1.22. The summed E-state index contributed by atoms with van der Waals surface area (Å²) in [5, 5.41) is 6.76. The largest absolute Gasteiger partial charge is 0.358 e. The van der Waals surface area contributed by atoms with E-state index in [-0.39, 0.29) is 11.9 Å². The van der Waals surface area contributed by atoms with Gasteiger partial charge in [-0.2, -0.15) is 0 Å². The number of hydrogen-bond donors (Lipinski definition) is 2. The standard InChI is InChI=1S/C11H18N4OS/c1-4-5-12-11(16)8(2)15-9-6-10(17-3)14-7-13-9/h6-8H,4-5H2,1-3H3,(H,12,16)(H,13,14,15). The predicted molar refractivity (Wildman–Crippen MR) is 70.2 cm³/mol. The summed E-state index contributed by atoms with van der Waals surface area (Å²) in [6.07, 6.45) is 4.37. The van der Waals surface area contributed by atoms with Crippen molar-refractivity contribution in [2.24, 2.45) is 0 Å². The minimum Gasteiger partial charge on any atom is -0.358 e. The molecule has 17 heavy (non-hydrogen) atoms. The summed E-state index contributed by atoms with van der Waals surface area (Å²) in [6, 6.07) is 1.53. The van der Waals surface area contributed by atoms with Crippen LogP contribution in [-0.2, 0) is 4.79 Å². The number of nitrogens with zero attached hydrogens (tertiary/aromatic N) is 2. The highest BCUT2D eigenvalue weighted by Gasteiger charge is 2.12. The first kappa shape index (κ1) is 13.8. The Morgan fingerprint density at radius 2 is 2.29 bits per heavy atom. The highest BCUT2D eigenvalue weighted by molar-refractivity contribution is 7.98. The molecule has 1 aromatic rings. The second-order valence-corrected chi connectivity index (χ2v) is 4.43. The lowest BCUT2D eigenvalue weighted by Gasteiger charge is -2.14. The van der Waals surface area contributed by atoms with Crippen LogP contribution in [0.3, 0.4) is 0 Å². The van der Waals surface area contributed by atoms with Crippen molar-refractivity contribution >= 4 is 23.5 Å². The molecular weight excluding hydrogens is 236 g/mol. The van der Waals surface area contributed by atoms with Gasteiger partial charge in [0.15, 0.2) is 0 Å². The lowest BCUT2D eigenvalue weighted by molar-refractivity contribution is -0.121. The fraction of sp³-hybridized carbons (Fsp3) is 0.545. The van der Waals surface area contributed by atoms with Crippen molar-refractivity contribution in [2.75, 3.05) is 18.1 Å². The minimum absolute atomic E-state index is 0.0174. The van der Waals surface area contributed by atoms with Crippen LogP contribution >= 0.6 is 11.8 Å². The third kappa shape index (κ3) is 4.60. The Morgan fingerprint density at radius 3 is 2.94 bits per heavy atom. The molecular formula is C11H18N4OS. The van der Waals surface area contributed by atoms with Gasteiger partial charge in [0.25, 0.3) is 0 Å². The van der Waals surface area contributed by atoms with E-state index in [9.17, 15) is 4.79 Å². The van der Waals surface area contributed by atoms with Gasteiger partial charge in [0.1, 0.15) is 23.2 Å². The Labute approximate surface area is 106 Å². The molecule has 1 unspecified atom stereocenters. The van der Waals surface area contributed by atoms with E-state index < -0.39 is 0 Å². The van der Waals surface area contributed by atoms with Crippen molar-refractivity contribution in [1.82, 2.24) is 15.3 Å². The molecule has 5 nitrogen and oxygen atoms in total. The van der Waals surface area contributed by atoms with Gasteiger partial charge in [0, 0.05) is 12.6 Å². The molecule has 0 aliphatic carbocycles. The van der Waals surface area contributed by atoms with Crippen LogP contribution in [0.25, 0.3) is 0 Å². The number of carbonyl (C=O) groups excluding carboxylic acids is 1. The second kappa shape index (κ2) is 7.11. The van der Waals surface area contributed by atoms with E-state index in [1.165, 1.54) is 6.33 Å². The van der Waals surface area contributed by atoms with E-state index in [1.54, 1.807) is 11.8 Å². The van der Waals surface area contributed by atoms with E-state index in [1.807, 2.05) is 26.2 Å². The van der Waals surface area contributed by atoms with Gasteiger partial charge >= 0.3 is 0 Å². The van der Waals surface area contributed by atoms with E-state index in [2.05, 4.69) is 20.6 Å². The first-order chi connectivity index (χ1) is 8.17. The number of nitrogens with one attached hydrogen (secondary N) is 2. The molecule has 0 radical (unpaired) electrons. The summed E-state index contributed by atoms with van der Waals surface area (Å²) in [6.45, 7) is 4.53. The number of carbonyl (C=O) groups is 1. The van der Waals surface area contributed by atoms with Crippen molar-refractivity contribution in [3.63, 3.8) is 0 Å². The number of amides is 1. The van der Waals surface area contributed by atoms with E-state index in [0.717, 1.165) is 11.4 Å². The van der Waals surface area contributed by atoms with Crippen LogP contribution in [0.2, 0.25) is 0 Å². The lowest BCUT2D eigenvalue weighted by Crippen LogP contribution is -2.38. The maximum atomic E-state index is 11.6. The van der Waals surface area contributed by atoms with Crippen LogP contribution in [0, 0.1) is 0 Å². The van der Waals surface area contributed by atoms with Gasteiger partial charge in [-0.05, 0) is 19.6 Å². The van der Waals surface area contributed by atoms with Gasteiger partial charge in [-0.25, -0.2) is 9.97 Å². The van der Waals surface area contributed by atoms with E-state index in [0.29, 0.717) is 12.4 Å². The molecule has 0 aliphatic heterocycles. The van der Waals surface area contributed by atoms with Gasteiger partial charge in [-0.15, -0.1) is 11.8 Å². The smallest absolute Gasteiger partial charge is 0.242 e. The molecule has 1 amide bonds. The number of anilines is 1. The number of thioether (sulfide) groups is 1. The summed E-state index contributed by atoms with van der Waals surface area (Å²) in [5.41, 5.74) is 0. The average molecular weight is 254 g/mol. The van der Waals surface area contributed by atoms with Gasteiger partial charge < -0.3 is 10.6 Å². The summed E-state index contributed by atoms with van der Waals surface area (Å²) >= 11 is 1.54. The van der Waals surface area contributed by atoms with E-state index >= 15 is 0 Å². The SMILES string of the molecule is CCCNC(=O)C(C)Nc1cc(SC)ncn1. The van der Waals surface area contributed by atoms with Crippen molar-refractivity contribution in [3.8, 4) is 0 Å². The molecule has 6 heteroatoms. The average Bonchev–Trinajstić information content (AvgIpc) is 2.36. The van der Waals surface area contributed by atoms with Crippen LogP contribution in [0.1, 0.15) is 20.3 Å². The van der Waals surface area contributed by atoms with Gasteiger partial charge in [0.05, 0.1) is 0 Å². The molecule has 1 aromatic heterocycles. The highest BCUT2D eigenvalue weighted by atomic mass is 32.2. The maximum Gasteiger partial charge on any atom is 0.242 e. The Kier molecular flexibility index (Phi) is 5.76. The quantitative estimate of drug-likeness (QED) is 0.595. The maximum absolute atomic E-state index is 11.6. The zero-order valence-corrected chi connectivity index (χ0v) is 11.2. The van der Waals surface area contributed by atoms with Crippen LogP contribution in [0.15, 0.2) is 17.4 Å². The molecule has 0 bridgehead atoms. The van der Waals surface area contributed by atoms with Crippen molar-refractivity contribution in [2.45, 2.75) is 31.3 Å². The molecule has 2 N–H and O–H groups in total. The molecule has 1 heterocycles. The molecule has 0 saturated carbocycles. The number of aromatic nitrogens is 2. The van der Waals surface area contributed by atoms with Crippen molar-refractivity contribution < 1.29 is 4.79 Å². The molecule has 0 aromatic carbocycles. The van der Waals surface area contributed by atoms with Gasteiger partial charge in [-0.3, -0.25) is 4.79 Å². The molecule has 94 valence electrons. The first-order valence-corrected chi connectivity index (χ1v) is 6.80.